The Hall–Kier alpha value is -4.76. The van der Waals surface area contributed by atoms with E-state index in [1.165, 1.54) is 0 Å². The summed E-state index contributed by atoms with van der Waals surface area (Å²) in [5.74, 6) is -8.92. The minimum atomic E-state index is -1.26. The number of carboxylic acids is 8. The minimum absolute atomic E-state index is 0.0628. The molecule has 0 spiro atoms. The van der Waals surface area contributed by atoms with E-state index in [1.807, 2.05) is 0 Å². The van der Waals surface area contributed by atoms with Crippen molar-refractivity contribution in [3.63, 3.8) is 0 Å². The van der Waals surface area contributed by atoms with Gasteiger partial charge in [0.1, 0.15) is 0 Å². The molecular formula is C18H24O16. The fourth-order valence-corrected chi connectivity index (χ4v) is 1.05. The molecule has 0 aliphatic rings. The Labute approximate surface area is 190 Å². The second-order valence-corrected chi connectivity index (χ2v) is 5.30. The molecule has 8 N–H and O–H groups in total. The quantitative estimate of drug-likeness (QED) is 0.131. The molecule has 0 saturated heterocycles. The molecule has 0 heterocycles. The first-order chi connectivity index (χ1) is 15.5. The van der Waals surface area contributed by atoms with Gasteiger partial charge < -0.3 is 40.9 Å². The van der Waals surface area contributed by atoms with Crippen LogP contribution in [0.3, 0.4) is 0 Å². The lowest BCUT2D eigenvalue weighted by atomic mass is 10.2. The van der Waals surface area contributed by atoms with Gasteiger partial charge in [-0.3, -0.25) is 19.2 Å². The molecule has 0 fully saturated rings. The molecule has 34 heavy (non-hydrogen) atoms. The van der Waals surface area contributed by atoms with Gasteiger partial charge in [-0.05, 0) is 12.8 Å². The highest BCUT2D eigenvalue weighted by atomic mass is 16.4. The van der Waals surface area contributed by atoms with Crippen LogP contribution >= 0.6 is 0 Å². The summed E-state index contributed by atoms with van der Waals surface area (Å²) in [6.07, 6.45) is 2.66. The van der Waals surface area contributed by atoms with Gasteiger partial charge in [-0.15, -0.1) is 0 Å². The second kappa shape index (κ2) is 24.5. The van der Waals surface area contributed by atoms with Crippen LogP contribution in [0.1, 0.15) is 38.5 Å². The fourth-order valence-electron chi connectivity index (χ4n) is 1.05. The van der Waals surface area contributed by atoms with E-state index < -0.39 is 47.8 Å². The van der Waals surface area contributed by atoms with Crippen LogP contribution in [0.2, 0.25) is 0 Å². The number of carbonyl (C=O) groups is 8. The third kappa shape index (κ3) is 63.1. The zero-order valence-corrected chi connectivity index (χ0v) is 17.4. The van der Waals surface area contributed by atoms with Crippen LogP contribution in [0.5, 0.6) is 0 Å². The van der Waals surface area contributed by atoms with Crippen molar-refractivity contribution >= 4 is 47.8 Å². The maximum Gasteiger partial charge on any atom is 0.328 e. The smallest absolute Gasteiger partial charge is 0.328 e. The summed E-state index contributed by atoms with van der Waals surface area (Å²) in [5.41, 5.74) is 0. The van der Waals surface area contributed by atoms with Crippen LogP contribution in [0.25, 0.3) is 0 Å². The molecule has 16 heteroatoms. The Morgan fingerprint density at radius 2 is 0.529 bits per heavy atom. The van der Waals surface area contributed by atoms with E-state index in [1.54, 1.807) is 0 Å². The third-order valence-electron chi connectivity index (χ3n) is 2.32. The number of carboxylic acid groups (broad SMARTS) is 8. The van der Waals surface area contributed by atoms with E-state index >= 15 is 0 Å². The molecule has 0 radical (unpaired) electrons. The average Bonchev–Trinajstić information content (AvgIpc) is 2.68. The van der Waals surface area contributed by atoms with E-state index in [-0.39, 0.29) is 25.7 Å². The topological polar surface area (TPSA) is 298 Å². The Balaban J connectivity index is -0.000000177. The lowest BCUT2D eigenvalue weighted by Gasteiger charge is -1.92. The third-order valence-corrected chi connectivity index (χ3v) is 2.32. The first-order valence-electron chi connectivity index (χ1n) is 8.66. The Kier molecular flexibility index (Phi) is 26.4. The van der Waals surface area contributed by atoms with E-state index in [4.69, 9.17) is 40.9 Å². The van der Waals surface area contributed by atoms with Crippen LogP contribution in [-0.2, 0) is 38.4 Å². The fraction of sp³-hybridized carbons (Fsp3) is 0.333. The molecule has 0 bridgehead atoms. The zero-order valence-electron chi connectivity index (χ0n) is 17.4. The molecule has 0 amide bonds. The van der Waals surface area contributed by atoms with Gasteiger partial charge in [-0.1, -0.05) is 0 Å². The Morgan fingerprint density at radius 3 is 0.647 bits per heavy atom. The van der Waals surface area contributed by atoms with Crippen LogP contribution in [-0.4, -0.2) is 88.6 Å². The van der Waals surface area contributed by atoms with E-state index in [2.05, 4.69) is 0 Å². The van der Waals surface area contributed by atoms with Crippen molar-refractivity contribution in [1.82, 2.24) is 0 Å². The maximum atomic E-state index is 9.90. The number of hydrogen-bond acceptors (Lipinski definition) is 8. The molecule has 0 aliphatic heterocycles. The largest absolute Gasteiger partial charge is 0.481 e. The highest BCUT2D eigenvalue weighted by Crippen LogP contribution is 1.98. The van der Waals surface area contributed by atoms with Gasteiger partial charge in [0, 0.05) is 37.1 Å². The van der Waals surface area contributed by atoms with Gasteiger partial charge in [0.15, 0.2) is 0 Å². The average molecular weight is 496 g/mol. The van der Waals surface area contributed by atoms with Crippen LogP contribution in [0, 0.1) is 0 Å². The molecular weight excluding hydrogens is 472 g/mol. The van der Waals surface area contributed by atoms with Crippen LogP contribution in [0.15, 0.2) is 24.3 Å². The SMILES string of the molecule is O=C(O)C=CC(=O)O.O=C(O)C=CC(=O)O.O=C(O)CCC(=O)O.O=C(O)CCCCC(=O)O. The van der Waals surface area contributed by atoms with Crippen molar-refractivity contribution in [2.75, 3.05) is 0 Å². The molecule has 192 valence electrons. The molecule has 0 saturated carbocycles. The van der Waals surface area contributed by atoms with Crippen molar-refractivity contribution in [3.05, 3.63) is 24.3 Å². The van der Waals surface area contributed by atoms with Gasteiger partial charge in [0.05, 0.1) is 12.8 Å². The molecule has 0 aromatic rings. The molecule has 0 aromatic heterocycles. The predicted octanol–water partition coefficient (Wildman–Crippen LogP) is 0.0754. The molecule has 0 atom stereocenters. The zero-order chi connectivity index (χ0) is 27.7. The summed E-state index contributed by atoms with van der Waals surface area (Å²) < 4.78 is 0. The minimum Gasteiger partial charge on any atom is -0.481 e. The van der Waals surface area contributed by atoms with Gasteiger partial charge in [0.2, 0.25) is 0 Å². The molecule has 0 aromatic carbocycles. The molecule has 16 nitrogen and oxygen atoms in total. The van der Waals surface area contributed by atoms with E-state index in [9.17, 15) is 38.4 Å². The molecule has 0 rings (SSSR count). The summed E-state index contributed by atoms with van der Waals surface area (Å²) in [5, 5.41) is 63.3. The number of unbranched alkanes of at least 4 members (excludes halogenated alkanes) is 1. The summed E-state index contributed by atoms with van der Waals surface area (Å²) >= 11 is 0. The van der Waals surface area contributed by atoms with E-state index in [0.717, 1.165) is 0 Å². The lowest BCUT2D eigenvalue weighted by Crippen LogP contribution is -2.00. The van der Waals surface area contributed by atoms with Gasteiger partial charge >= 0.3 is 47.8 Å². The van der Waals surface area contributed by atoms with E-state index in [0.29, 0.717) is 37.1 Å². The number of rotatable bonds is 12. The monoisotopic (exact) mass is 496 g/mol. The normalized spacial score (nSPS) is 9.18. The summed E-state index contributed by atoms with van der Waals surface area (Å²) in [7, 11) is 0. The van der Waals surface area contributed by atoms with Crippen molar-refractivity contribution in [2.24, 2.45) is 0 Å². The number of hydrogen-bond donors (Lipinski definition) is 8. The summed E-state index contributed by atoms with van der Waals surface area (Å²) in [4.78, 5) is 77.3. The standard InChI is InChI=1S/C6H10O4.C4H6O4.2C4H4O4/c7-5(8)3-1-2-4-6(9)10;3*5-3(6)1-2-4(7)8/h1-4H2,(H,7,8)(H,9,10);1-2H2,(H,5,6)(H,7,8);2*1-2H,(H,5,6)(H,7,8). The van der Waals surface area contributed by atoms with Crippen molar-refractivity contribution in [3.8, 4) is 0 Å². The number of aliphatic carboxylic acids is 8. The van der Waals surface area contributed by atoms with Crippen molar-refractivity contribution in [2.45, 2.75) is 38.5 Å². The van der Waals surface area contributed by atoms with Crippen LogP contribution < -0.4 is 0 Å². The van der Waals surface area contributed by atoms with Crippen LogP contribution in [0.4, 0.5) is 0 Å². The van der Waals surface area contributed by atoms with Gasteiger partial charge in [-0.25, -0.2) is 19.2 Å². The first-order valence-corrected chi connectivity index (χ1v) is 8.66. The highest BCUT2D eigenvalue weighted by Gasteiger charge is 2.00. The Bertz CT molecular complexity index is 666. The lowest BCUT2D eigenvalue weighted by molar-refractivity contribution is -0.143. The second-order valence-electron chi connectivity index (χ2n) is 5.30. The van der Waals surface area contributed by atoms with Gasteiger partial charge in [-0.2, -0.15) is 0 Å². The van der Waals surface area contributed by atoms with Gasteiger partial charge in [0.25, 0.3) is 0 Å². The highest BCUT2D eigenvalue weighted by molar-refractivity contribution is 5.90. The molecule has 0 unspecified atom stereocenters. The van der Waals surface area contributed by atoms with Crippen molar-refractivity contribution < 1.29 is 79.2 Å². The molecule has 0 aliphatic carbocycles. The maximum absolute atomic E-state index is 9.90. The summed E-state index contributed by atoms with van der Waals surface area (Å²) in [6.45, 7) is 0. The first kappa shape index (κ1) is 36.6. The van der Waals surface area contributed by atoms with Crippen molar-refractivity contribution in [1.29, 1.82) is 0 Å². The predicted molar refractivity (Wildman–Crippen MR) is 107 cm³/mol. The summed E-state index contributed by atoms with van der Waals surface area (Å²) in [6, 6.07) is 0. The Morgan fingerprint density at radius 1 is 0.353 bits per heavy atom.